The van der Waals surface area contributed by atoms with Crippen LogP contribution in [0.5, 0.6) is 0 Å². The normalized spacial score (nSPS) is 9.86. The van der Waals surface area contributed by atoms with E-state index in [1.807, 2.05) is 32.0 Å². The zero-order valence-corrected chi connectivity index (χ0v) is 17.9. The van der Waals surface area contributed by atoms with Crippen molar-refractivity contribution in [3.8, 4) is 0 Å². The molecule has 0 radical (unpaired) electrons. The van der Waals surface area contributed by atoms with Crippen molar-refractivity contribution in [1.29, 1.82) is 0 Å². The second kappa shape index (κ2) is 10.2. The first-order valence-corrected chi connectivity index (χ1v) is 9.73. The quantitative estimate of drug-likeness (QED) is 0.552. The van der Waals surface area contributed by atoms with Crippen LogP contribution in [0.1, 0.15) is 40.9 Å². The maximum absolute atomic E-state index is 11.6. The van der Waals surface area contributed by atoms with Crippen molar-refractivity contribution in [1.82, 2.24) is 15.3 Å². The lowest BCUT2D eigenvalue weighted by Gasteiger charge is -2.14. The molecule has 152 valence electrons. The first kappa shape index (κ1) is 21.9. The summed E-state index contributed by atoms with van der Waals surface area (Å²) in [7, 11) is 1.61. The van der Waals surface area contributed by atoms with Crippen LogP contribution in [0, 0.1) is 20.8 Å². The summed E-state index contributed by atoms with van der Waals surface area (Å²) in [5.41, 5.74) is 6.05. The molecule has 0 unspecified atom stereocenters. The monoisotopic (exact) mass is 391 g/mol. The summed E-state index contributed by atoms with van der Waals surface area (Å²) in [5, 5.41) is 9.14. The Hall–Kier alpha value is -3.41. The van der Waals surface area contributed by atoms with E-state index in [4.69, 9.17) is 0 Å². The van der Waals surface area contributed by atoms with Gasteiger partial charge in [-0.15, -0.1) is 0 Å². The van der Waals surface area contributed by atoms with Crippen LogP contribution in [0.25, 0.3) is 0 Å². The van der Waals surface area contributed by atoms with Gasteiger partial charge < -0.3 is 16.0 Å². The molecule has 0 bridgehead atoms. The van der Waals surface area contributed by atoms with Crippen LogP contribution in [0.15, 0.2) is 48.7 Å². The van der Waals surface area contributed by atoms with E-state index in [2.05, 4.69) is 58.8 Å². The number of carbonyl (C=O) groups is 1. The minimum atomic E-state index is -0.118. The van der Waals surface area contributed by atoms with Gasteiger partial charge in [0.15, 0.2) is 0 Å². The van der Waals surface area contributed by atoms with Gasteiger partial charge in [0, 0.05) is 30.2 Å². The van der Waals surface area contributed by atoms with E-state index in [0.717, 1.165) is 11.4 Å². The Morgan fingerprint density at radius 2 is 1.52 bits per heavy atom. The molecule has 1 heterocycles. The van der Waals surface area contributed by atoms with Crippen molar-refractivity contribution < 1.29 is 4.79 Å². The van der Waals surface area contributed by atoms with Crippen molar-refractivity contribution in [2.75, 3.05) is 17.7 Å². The van der Waals surface area contributed by atoms with Gasteiger partial charge in [-0.25, -0.2) is 4.98 Å². The lowest BCUT2D eigenvalue weighted by molar-refractivity contribution is 0.0963. The summed E-state index contributed by atoms with van der Waals surface area (Å²) < 4.78 is 0. The predicted molar refractivity (Wildman–Crippen MR) is 120 cm³/mol. The third kappa shape index (κ3) is 5.78. The second-order valence-electron chi connectivity index (χ2n) is 6.45. The molecule has 0 spiro atoms. The van der Waals surface area contributed by atoms with Gasteiger partial charge in [-0.2, -0.15) is 4.98 Å². The number of nitrogens with one attached hydrogen (secondary N) is 3. The van der Waals surface area contributed by atoms with Crippen molar-refractivity contribution in [3.63, 3.8) is 0 Å². The minimum absolute atomic E-state index is 0.118. The number of rotatable bonds is 5. The second-order valence-corrected chi connectivity index (χ2v) is 6.45. The van der Waals surface area contributed by atoms with Crippen LogP contribution in [-0.2, 0) is 0 Å². The highest BCUT2D eigenvalue weighted by Gasteiger charge is 2.07. The molecule has 6 nitrogen and oxygen atoms in total. The van der Waals surface area contributed by atoms with Crippen LogP contribution in [0.3, 0.4) is 0 Å². The largest absolute Gasteiger partial charge is 0.355 e. The number of carbonyl (C=O) groups excluding carboxylic acids is 1. The Kier molecular flexibility index (Phi) is 7.71. The summed E-state index contributed by atoms with van der Waals surface area (Å²) in [6.07, 6.45) is 1.70. The summed E-state index contributed by atoms with van der Waals surface area (Å²) in [6, 6.07) is 13.3. The number of hydrogen-bond donors (Lipinski definition) is 3. The summed E-state index contributed by atoms with van der Waals surface area (Å²) in [6.45, 7) is 10.2. The Labute approximate surface area is 172 Å². The first-order chi connectivity index (χ1) is 14.0. The molecule has 0 saturated carbocycles. The maximum atomic E-state index is 11.6. The van der Waals surface area contributed by atoms with Crippen LogP contribution < -0.4 is 16.0 Å². The van der Waals surface area contributed by atoms with Gasteiger partial charge in [-0.05, 0) is 62.2 Å². The molecule has 2 aromatic carbocycles. The van der Waals surface area contributed by atoms with E-state index in [1.54, 1.807) is 25.4 Å². The van der Waals surface area contributed by atoms with Gasteiger partial charge in [-0.3, -0.25) is 4.79 Å². The van der Waals surface area contributed by atoms with Crippen LogP contribution >= 0.6 is 0 Å². The Morgan fingerprint density at radius 1 is 0.897 bits per heavy atom. The molecule has 0 atom stereocenters. The smallest absolute Gasteiger partial charge is 0.251 e. The first-order valence-electron chi connectivity index (χ1n) is 9.73. The molecule has 1 aromatic heterocycles. The van der Waals surface area contributed by atoms with E-state index in [1.165, 1.54) is 16.7 Å². The molecule has 0 aliphatic carbocycles. The molecule has 3 aromatic rings. The highest BCUT2D eigenvalue weighted by Crippen LogP contribution is 2.25. The standard InChI is InChI=1S/C21H23N5O.C2H6/c1-13-11-14(2)19(15(3)12-13)25-18-9-10-23-21(26-18)24-17-7-5-16(6-8-17)20(27)22-4;1-2/h5-12H,1-4H3,(H,22,27)(H2,23,24,25,26);1-2H3. The van der Waals surface area contributed by atoms with Crippen LogP contribution in [-0.4, -0.2) is 22.9 Å². The van der Waals surface area contributed by atoms with Gasteiger partial charge in [0.2, 0.25) is 5.95 Å². The average Bonchev–Trinajstić information content (AvgIpc) is 2.72. The van der Waals surface area contributed by atoms with Crippen LogP contribution in [0.4, 0.5) is 23.1 Å². The molecule has 0 aliphatic heterocycles. The van der Waals surface area contributed by atoms with Gasteiger partial charge in [0.1, 0.15) is 5.82 Å². The Morgan fingerprint density at radius 3 is 2.10 bits per heavy atom. The summed E-state index contributed by atoms with van der Waals surface area (Å²) in [5.74, 6) is 1.08. The fourth-order valence-electron chi connectivity index (χ4n) is 2.97. The van der Waals surface area contributed by atoms with E-state index in [9.17, 15) is 4.79 Å². The summed E-state index contributed by atoms with van der Waals surface area (Å²) in [4.78, 5) is 20.4. The summed E-state index contributed by atoms with van der Waals surface area (Å²) >= 11 is 0. The number of hydrogen-bond acceptors (Lipinski definition) is 5. The van der Waals surface area contributed by atoms with E-state index in [-0.39, 0.29) is 5.91 Å². The highest BCUT2D eigenvalue weighted by molar-refractivity contribution is 5.94. The molecule has 29 heavy (non-hydrogen) atoms. The fourth-order valence-corrected chi connectivity index (χ4v) is 2.97. The third-order valence-electron chi connectivity index (χ3n) is 4.22. The molecular weight excluding hydrogens is 362 g/mol. The molecule has 1 amide bonds. The molecule has 0 aliphatic rings. The highest BCUT2D eigenvalue weighted by atomic mass is 16.1. The third-order valence-corrected chi connectivity index (χ3v) is 4.22. The van der Waals surface area contributed by atoms with Crippen molar-refractivity contribution >= 4 is 29.0 Å². The SMILES string of the molecule is CC.CNC(=O)c1ccc(Nc2nccc(Nc3c(C)cc(C)cc3C)n2)cc1. The van der Waals surface area contributed by atoms with Gasteiger partial charge in [0.25, 0.3) is 5.91 Å². The predicted octanol–water partition coefficient (Wildman–Crippen LogP) is 5.27. The number of aromatic nitrogens is 2. The number of nitrogens with zero attached hydrogens (tertiary/aromatic N) is 2. The van der Waals surface area contributed by atoms with Crippen molar-refractivity contribution in [2.24, 2.45) is 0 Å². The lowest BCUT2D eigenvalue weighted by Crippen LogP contribution is -2.17. The van der Waals surface area contributed by atoms with Crippen molar-refractivity contribution in [2.45, 2.75) is 34.6 Å². The number of benzene rings is 2. The van der Waals surface area contributed by atoms with Gasteiger partial charge in [-0.1, -0.05) is 31.5 Å². The molecule has 3 rings (SSSR count). The molecule has 6 heteroatoms. The maximum Gasteiger partial charge on any atom is 0.251 e. The van der Waals surface area contributed by atoms with E-state index in [0.29, 0.717) is 17.3 Å². The molecule has 3 N–H and O–H groups in total. The molecular formula is C23H29N5O. The van der Waals surface area contributed by atoms with Gasteiger partial charge in [0.05, 0.1) is 0 Å². The molecule has 0 saturated heterocycles. The lowest BCUT2D eigenvalue weighted by atomic mass is 10.1. The van der Waals surface area contributed by atoms with E-state index < -0.39 is 0 Å². The fraction of sp³-hybridized carbons (Fsp3) is 0.261. The van der Waals surface area contributed by atoms with E-state index >= 15 is 0 Å². The minimum Gasteiger partial charge on any atom is -0.355 e. The zero-order valence-electron chi connectivity index (χ0n) is 17.9. The average molecular weight is 392 g/mol. The Bertz CT molecular complexity index is 944. The Balaban J connectivity index is 0.00000145. The molecule has 0 fully saturated rings. The van der Waals surface area contributed by atoms with Gasteiger partial charge >= 0.3 is 0 Å². The topological polar surface area (TPSA) is 78.9 Å². The number of aryl methyl sites for hydroxylation is 3. The number of amides is 1. The number of anilines is 4. The zero-order chi connectivity index (χ0) is 21.4. The van der Waals surface area contributed by atoms with Crippen LogP contribution in [0.2, 0.25) is 0 Å². The van der Waals surface area contributed by atoms with Crippen molar-refractivity contribution in [3.05, 3.63) is 70.9 Å².